The van der Waals surface area contributed by atoms with Gasteiger partial charge in [-0.1, -0.05) is 0 Å². The van der Waals surface area contributed by atoms with Gasteiger partial charge in [-0.2, -0.15) is 5.10 Å². The Balaban J connectivity index is 2.28. The number of nitrogens with two attached hydrogens (primary N) is 2. The van der Waals surface area contributed by atoms with E-state index < -0.39 is 5.91 Å². The van der Waals surface area contributed by atoms with Crippen molar-refractivity contribution >= 4 is 33.8 Å². The van der Waals surface area contributed by atoms with Crippen LogP contribution in [0.25, 0.3) is 0 Å². The van der Waals surface area contributed by atoms with Gasteiger partial charge in [0, 0.05) is 24.8 Å². The number of H-pyrrole nitrogens is 1. The highest BCUT2D eigenvalue weighted by Crippen LogP contribution is 2.35. The van der Waals surface area contributed by atoms with E-state index in [1.165, 1.54) is 0 Å². The van der Waals surface area contributed by atoms with Crippen LogP contribution in [0.2, 0.25) is 0 Å². The van der Waals surface area contributed by atoms with Gasteiger partial charge in [0.05, 0.1) is 17.4 Å². The molecule has 0 aromatic carbocycles. The first kappa shape index (κ1) is 14.9. The van der Waals surface area contributed by atoms with Crippen molar-refractivity contribution in [1.82, 2.24) is 15.5 Å². The van der Waals surface area contributed by atoms with E-state index in [0.29, 0.717) is 18.1 Å². The molecular formula is C12H16N6O2S. The highest BCUT2D eigenvalue weighted by Gasteiger charge is 2.23. The molecular weight excluding hydrogens is 292 g/mol. The lowest BCUT2D eigenvalue weighted by molar-refractivity contribution is 0.0960. The molecule has 0 saturated heterocycles. The topological polar surface area (TPSA) is 139 Å². The molecule has 9 heteroatoms. The number of rotatable bonds is 6. The number of hydrogen-bond donors (Lipinski definition) is 5. The zero-order chi connectivity index (χ0) is 15.4. The zero-order valence-electron chi connectivity index (χ0n) is 11.4. The van der Waals surface area contributed by atoms with Gasteiger partial charge in [0.2, 0.25) is 0 Å². The van der Waals surface area contributed by atoms with Gasteiger partial charge in [0.1, 0.15) is 9.88 Å². The van der Waals surface area contributed by atoms with Crippen LogP contribution in [-0.2, 0) is 6.54 Å². The molecule has 0 unspecified atom stereocenters. The summed E-state index contributed by atoms with van der Waals surface area (Å²) in [5.41, 5.74) is 12.4. The number of anilines is 2. The van der Waals surface area contributed by atoms with Crippen LogP contribution in [0.3, 0.4) is 0 Å². The van der Waals surface area contributed by atoms with Crippen molar-refractivity contribution < 1.29 is 9.59 Å². The highest BCUT2D eigenvalue weighted by atomic mass is 32.1. The molecule has 2 aromatic rings. The van der Waals surface area contributed by atoms with Crippen LogP contribution in [0.4, 0.5) is 10.7 Å². The molecule has 0 aliphatic heterocycles. The molecule has 0 saturated carbocycles. The Labute approximate surface area is 124 Å². The van der Waals surface area contributed by atoms with Crippen LogP contribution in [0.1, 0.15) is 32.5 Å². The van der Waals surface area contributed by atoms with Gasteiger partial charge >= 0.3 is 0 Å². The molecule has 21 heavy (non-hydrogen) atoms. The number of aromatic nitrogens is 2. The molecule has 0 bridgehead atoms. The van der Waals surface area contributed by atoms with E-state index in [4.69, 9.17) is 11.5 Å². The Kier molecular flexibility index (Phi) is 4.43. The number of nitrogens with one attached hydrogen (secondary N) is 3. The van der Waals surface area contributed by atoms with Crippen LogP contribution < -0.4 is 22.1 Å². The number of nitrogens with zero attached hydrogens (tertiary/aromatic N) is 1. The first-order valence-electron chi connectivity index (χ1n) is 6.26. The van der Waals surface area contributed by atoms with Gasteiger partial charge in [-0.3, -0.25) is 14.7 Å². The number of amides is 2. The number of primary amides is 1. The third-order valence-electron chi connectivity index (χ3n) is 2.74. The van der Waals surface area contributed by atoms with Crippen LogP contribution in [0.5, 0.6) is 0 Å². The van der Waals surface area contributed by atoms with Gasteiger partial charge in [-0.05, 0) is 6.92 Å². The van der Waals surface area contributed by atoms with Gasteiger partial charge in [-0.25, -0.2) is 0 Å². The number of aromatic amines is 1. The summed E-state index contributed by atoms with van der Waals surface area (Å²) in [7, 11) is 0. The van der Waals surface area contributed by atoms with E-state index in [1.807, 2.05) is 0 Å². The summed E-state index contributed by atoms with van der Waals surface area (Å²) in [5, 5.41) is 12.7. The van der Waals surface area contributed by atoms with Crippen LogP contribution in [0.15, 0.2) is 12.4 Å². The van der Waals surface area contributed by atoms with Crippen molar-refractivity contribution in [3.63, 3.8) is 0 Å². The van der Waals surface area contributed by atoms with Crippen molar-refractivity contribution in [3.05, 3.63) is 28.4 Å². The van der Waals surface area contributed by atoms with E-state index >= 15 is 0 Å². The second kappa shape index (κ2) is 6.27. The summed E-state index contributed by atoms with van der Waals surface area (Å²) in [5.74, 6) is -0.993. The number of hydrogen-bond acceptors (Lipinski definition) is 6. The van der Waals surface area contributed by atoms with Gasteiger partial charge < -0.3 is 22.1 Å². The van der Waals surface area contributed by atoms with Crippen molar-refractivity contribution in [2.24, 2.45) is 5.73 Å². The molecule has 2 rings (SSSR count). The Bertz CT molecular complexity index is 649. The fourth-order valence-electron chi connectivity index (χ4n) is 1.78. The Morgan fingerprint density at radius 2 is 2.24 bits per heavy atom. The minimum absolute atomic E-state index is 0.105. The number of carbonyl (C=O) groups is 2. The maximum atomic E-state index is 11.9. The van der Waals surface area contributed by atoms with Crippen LogP contribution in [0, 0.1) is 0 Å². The SMILES string of the molecule is CCNC(=O)c1sc(NCc2cn[nH]c2)c(C(N)=O)c1N. The molecule has 0 aliphatic rings. The normalized spacial score (nSPS) is 10.3. The molecule has 0 spiro atoms. The molecule has 7 N–H and O–H groups in total. The molecule has 8 nitrogen and oxygen atoms in total. The van der Waals surface area contributed by atoms with Gasteiger partial charge in [-0.15, -0.1) is 11.3 Å². The van der Waals surface area contributed by atoms with Gasteiger partial charge in [0.25, 0.3) is 11.8 Å². The summed E-state index contributed by atoms with van der Waals surface area (Å²) in [4.78, 5) is 23.7. The average molecular weight is 308 g/mol. The first-order valence-corrected chi connectivity index (χ1v) is 7.08. The third-order valence-corrected chi connectivity index (χ3v) is 3.91. The van der Waals surface area contributed by atoms with Gasteiger partial charge in [0.15, 0.2) is 0 Å². The van der Waals surface area contributed by atoms with E-state index in [0.717, 1.165) is 16.9 Å². The van der Waals surface area contributed by atoms with Crippen molar-refractivity contribution in [2.45, 2.75) is 13.5 Å². The minimum Gasteiger partial charge on any atom is -0.397 e. The fourth-order valence-corrected chi connectivity index (χ4v) is 2.82. The summed E-state index contributed by atoms with van der Waals surface area (Å²) in [6, 6.07) is 0. The Hall–Kier alpha value is -2.55. The summed E-state index contributed by atoms with van der Waals surface area (Å²) in [6.45, 7) is 2.71. The molecule has 0 fully saturated rings. The second-order valence-electron chi connectivity index (χ2n) is 4.23. The smallest absolute Gasteiger partial charge is 0.263 e. The minimum atomic E-state index is -0.672. The number of thiophene rings is 1. The highest BCUT2D eigenvalue weighted by molar-refractivity contribution is 7.19. The lowest BCUT2D eigenvalue weighted by Gasteiger charge is -2.03. The number of carbonyl (C=O) groups excluding carboxylic acids is 2. The predicted octanol–water partition coefficient (Wildman–Crippen LogP) is 0.514. The average Bonchev–Trinajstić information content (AvgIpc) is 3.03. The summed E-state index contributed by atoms with van der Waals surface area (Å²) < 4.78 is 0. The lowest BCUT2D eigenvalue weighted by atomic mass is 10.2. The van der Waals surface area contributed by atoms with Crippen LogP contribution in [-0.4, -0.2) is 28.6 Å². The summed E-state index contributed by atoms with van der Waals surface area (Å²) >= 11 is 1.10. The molecule has 112 valence electrons. The summed E-state index contributed by atoms with van der Waals surface area (Å²) in [6.07, 6.45) is 3.37. The molecule has 0 atom stereocenters. The predicted molar refractivity (Wildman–Crippen MR) is 81.2 cm³/mol. The maximum Gasteiger partial charge on any atom is 0.263 e. The monoisotopic (exact) mass is 308 g/mol. The zero-order valence-corrected chi connectivity index (χ0v) is 12.2. The van der Waals surface area contributed by atoms with Crippen molar-refractivity contribution in [3.8, 4) is 0 Å². The van der Waals surface area contributed by atoms with E-state index in [-0.39, 0.29) is 22.0 Å². The standard InChI is InChI=1S/C12H16N6O2S/c1-2-15-11(20)9-8(13)7(10(14)19)12(21-9)16-3-6-4-17-18-5-6/h4-5,16H,2-3,13H2,1H3,(H2,14,19)(H,15,20)(H,17,18). The third kappa shape index (κ3) is 3.14. The van der Waals surface area contributed by atoms with Crippen molar-refractivity contribution in [1.29, 1.82) is 0 Å². The Morgan fingerprint density at radius 1 is 1.48 bits per heavy atom. The second-order valence-corrected chi connectivity index (χ2v) is 5.25. The van der Waals surface area contributed by atoms with E-state index in [1.54, 1.807) is 19.3 Å². The maximum absolute atomic E-state index is 11.9. The van der Waals surface area contributed by atoms with Crippen LogP contribution >= 0.6 is 11.3 Å². The van der Waals surface area contributed by atoms with E-state index in [2.05, 4.69) is 20.8 Å². The molecule has 2 amide bonds. The molecule has 2 heterocycles. The fraction of sp³-hybridized carbons (Fsp3) is 0.250. The quantitative estimate of drug-likeness (QED) is 0.529. The molecule has 0 radical (unpaired) electrons. The van der Waals surface area contributed by atoms with Crippen molar-refractivity contribution in [2.75, 3.05) is 17.6 Å². The van der Waals surface area contributed by atoms with E-state index in [9.17, 15) is 9.59 Å². The molecule has 2 aromatic heterocycles. The first-order chi connectivity index (χ1) is 10.0. The molecule has 0 aliphatic carbocycles. The Morgan fingerprint density at radius 3 is 2.81 bits per heavy atom. The lowest BCUT2D eigenvalue weighted by Crippen LogP contribution is -2.23. The largest absolute Gasteiger partial charge is 0.397 e. The number of nitrogen functional groups attached to an aromatic ring is 1.